The Balaban J connectivity index is 1.93. The van der Waals surface area contributed by atoms with Crippen molar-refractivity contribution >= 4 is 28.5 Å². The van der Waals surface area contributed by atoms with E-state index in [0.29, 0.717) is 28.6 Å². The molecule has 0 fully saturated rings. The number of fused-ring (bicyclic) bond motifs is 1. The molecule has 0 atom stereocenters. The first-order chi connectivity index (χ1) is 15.8. The van der Waals surface area contributed by atoms with Gasteiger partial charge in [0.25, 0.3) is 11.2 Å². The fraction of sp³-hybridized carbons (Fsp3) is 0.261. The minimum absolute atomic E-state index is 0.0377. The van der Waals surface area contributed by atoms with E-state index in [1.54, 1.807) is 41.0 Å². The molecule has 0 unspecified atom stereocenters. The topological polar surface area (TPSA) is 105 Å². The highest BCUT2D eigenvalue weighted by atomic mass is 35.5. The van der Waals surface area contributed by atoms with Gasteiger partial charge in [-0.05, 0) is 42.2 Å². The van der Waals surface area contributed by atoms with E-state index in [4.69, 9.17) is 11.6 Å². The number of aromatic nitrogens is 4. The van der Waals surface area contributed by atoms with Crippen LogP contribution in [0.4, 0.5) is 5.69 Å². The molecule has 0 bridgehead atoms. The van der Waals surface area contributed by atoms with Crippen molar-refractivity contribution in [3.05, 3.63) is 96.4 Å². The number of hydrogen-bond donors (Lipinski definition) is 0. The molecule has 4 aromatic rings. The van der Waals surface area contributed by atoms with Crippen LogP contribution in [-0.4, -0.2) is 23.6 Å². The summed E-state index contributed by atoms with van der Waals surface area (Å²) < 4.78 is 4.24. The molecule has 0 saturated carbocycles. The first-order valence-corrected chi connectivity index (χ1v) is 10.8. The van der Waals surface area contributed by atoms with Crippen LogP contribution in [0.2, 0.25) is 5.02 Å². The van der Waals surface area contributed by atoms with Gasteiger partial charge in [0.2, 0.25) is 0 Å². The summed E-state index contributed by atoms with van der Waals surface area (Å²) >= 11 is 6.02. The lowest BCUT2D eigenvalue weighted by Crippen LogP contribution is -2.40. The van der Waals surface area contributed by atoms with Crippen LogP contribution < -0.4 is 11.2 Å². The van der Waals surface area contributed by atoms with Crippen molar-refractivity contribution in [2.24, 2.45) is 5.92 Å². The van der Waals surface area contributed by atoms with Gasteiger partial charge in [-0.2, -0.15) is 0 Å². The van der Waals surface area contributed by atoms with Crippen LogP contribution in [0.15, 0.2) is 64.4 Å². The Bertz CT molecular complexity index is 1450. The molecule has 2 aromatic carbocycles. The van der Waals surface area contributed by atoms with Crippen LogP contribution in [-0.2, 0) is 13.1 Å². The van der Waals surface area contributed by atoms with Gasteiger partial charge in [0.15, 0.2) is 11.2 Å². The predicted octanol–water partition coefficient (Wildman–Crippen LogP) is 4.00. The van der Waals surface area contributed by atoms with Gasteiger partial charge in [0, 0.05) is 30.2 Å². The molecule has 9 nitrogen and oxygen atoms in total. The normalized spacial score (nSPS) is 11.4. The summed E-state index contributed by atoms with van der Waals surface area (Å²) in [6.07, 6.45) is 2.13. The third kappa shape index (κ3) is 4.45. The van der Waals surface area contributed by atoms with Gasteiger partial charge in [-0.3, -0.25) is 19.5 Å². The molecule has 0 amide bonds. The summed E-state index contributed by atoms with van der Waals surface area (Å²) in [7, 11) is 0. The lowest BCUT2D eigenvalue weighted by Gasteiger charge is -2.13. The largest absolute Gasteiger partial charge is 0.337 e. The number of benzene rings is 2. The second kappa shape index (κ2) is 9.03. The molecule has 0 radical (unpaired) electrons. The molecule has 0 aliphatic rings. The Hall–Kier alpha value is -3.72. The molecular weight excluding hydrogens is 446 g/mol. The van der Waals surface area contributed by atoms with E-state index in [9.17, 15) is 19.7 Å². The van der Waals surface area contributed by atoms with Gasteiger partial charge in [0.1, 0.15) is 0 Å². The molecule has 4 rings (SSSR count). The van der Waals surface area contributed by atoms with Gasteiger partial charge < -0.3 is 4.57 Å². The summed E-state index contributed by atoms with van der Waals surface area (Å²) in [6, 6.07) is 12.9. The molecule has 0 N–H and O–H groups in total. The van der Waals surface area contributed by atoms with Gasteiger partial charge in [-0.15, -0.1) is 0 Å². The van der Waals surface area contributed by atoms with E-state index >= 15 is 0 Å². The standard InChI is InChI=1S/C23H22ClN5O4/c1-15(2)10-11-27-22(30)20-21(28(23(27)31)18-8-6-17(24)7-9-18)25-14-26(20)13-16-4-3-5-19(12-16)29(32)33/h3-9,12,14-15H,10-11,13H2,1-2H3. The highest BCUT2D eigenvalue weighted by Crippen LogP contribution is 2.19. The summed E-state index contributed by atoms with van der Waals surface area (Å²) in [4.78, 5) is 41.8. The second-order valence-electron chi connectivity index (χ2n) is 8.21. The zero-order valence-corrected chi connectivity index (χ0v) is 18.9. The maximum Gasteiger partial charge on any atom is 0.337 e. The number of nitro groups is 1. The molecular formula is C23H22ClN5O4. The van der Waals surface area contributed by atoms with E-state index in [2.05, 4.69) is 4.98 Å². The number of hydrogen-bond acceptors (Lipinski definition) is 5. The summed E-state index contributed by atoms with van der Waals surface area (Å²) in [5.74, 6) is 0.297. The maximum absolute atomic E-state index is 13.4. The number of nitro benzene ring substituents is 1. The molecule has 0 saturated heterocycles. The van der Waals surface area contributed by atoms with Gasteiger partial charge >= 0.3 is 5.69 Å². The van der Waals surface area contributed by atoms with Crippen LogP contribution in [0.3, 0.4) is 0 Å². The fourth-order valence-electron chi connectivity index (χ4n) is 3.67. The molecule has 170 valence electrons. The van der Waals surface area contributed by atoms with E-state index in [1.807, 2.05) is 13.8 Å². The second-order valence-corrected chi connectivity index (χ2v) is 8.64. The van der Waals surface area contributed by atoms with Crippen LogP contribution in [0.1, 0.15) is 25.8 Å². The average Bonchev–Trinajstić information content (AvgIpc) is 3.18. The molecule has 2 heterocycles. The smallest absolute Gasteiger partial charge is 0.320 e. The molecule has 0 aliphatic carbocycles. The van der Waals surface area contributed by atoms with Crippen molar-refractivity contribution in [2.75, 3.05) is 0 Å². The molecule has 2 aromatic heterocycles. The first kappa shape index (κ1) is 22.5. The monoisotopic (exact) mass is 467 g/mol. The van der Waals surface area contributed by atoms with Crippen molar-refractivity contribution in [1.82, 2.24) is 18.7 Å². The Morgan fingerprint density at radius 1 is 1.12 bits per heavy atom. The van der Waals surface area contributed by atoms with Crippen LogP contribution >= 0.6 is 11.6 Å². The van der Waals surface area contributed by atoms with Crippen molar-refractivity contribution in [3.63, 3.8) is 0 Å². The number of rotatable bonds is 7. The number of non-ortho nitro benzene ring substituents is 1. The van der Waals surface area contributed by atoms with Gasteiger partial charge in [-0.25, -0.2) is 14.3 Å². The average molecular weight is 468 g/mol. The van der Waals surface area contributed by atoms with Crippen LogP contribution in [0, 0.1) is 16.0 Å². The van der Waals surface area contributed by atoms with Gasteiger partial charge in [0.05, 0.1) is 16.9 Å². The molecule has 33 heavy (non-hydrogen) atoms. The highest BCUT2D eigenvalue weighted by molar-refractivity contribution is 6.30. The first-order valence-electron chi connectivity index (χ1n) is 10.5. The number of halogens is 1. The number of imidazole rings is 1. The third-order valence-corrected chi connectivity index (χ3v) is 5.64. The maximum atomic E-state index is 13.4. The Morgan fingerprint density at radius 2 is 1.85 bits per heavy atom. The van der Waals surface area contributed by atoms with Crippen molar-refractivity contribution < 1.29 is 4.92 Å². The Labute approximate surface area is 193 Å². The lowest BCUT2D eigenvalue weighted by molar-refractivity contribution is -0.384. The highest BCUT2D eigenvalue weighted by Gasteiger charge is 2.20. The van der Waals surface area contributed by atoms with Crippen molar-refractivity contribution in [3.8, 4) is 5.69 Å². The van der Waals surface area contributed by atoms with Gasteiger partial charge in [-0.1, -0.05) is 37.6 Å². The molecule has 0 spiro atoms. The zero-order chi connectivity index (χ0) is 23.7. The predicted molar refractivity (Wildman–Crippen MR) is 126 cm³/mol. The zero-order valence-electron chi connectivity index (χ0n) is 18.1. The van der Waals surface area contributed by atoms with E-state index in [0.717, 1.165) is 0 Å². The number of nitrogens with zero attached hydrogens (tertiary/aromatic N) is 5. The summed E-state index contributed by atoms with van der Waals surface area (Å²) in [5, 5.41) is 11.7. The minimum Gasteiger partial charge on any atom is -0.320 e. The summed E-state index contributed by atoms with van der Waals surface area (Å²) in [6.45, 7) is 4.50. The fourth-order valence-corrected chi connectivity index (χ4v) is 3.80. The van der Waals surface area contributed by atoms with Crippen LogP contribution in [0.25, 0.3) is 16.9 Å². The Kier molecular flexibility index (Phi) is 6.15. The third-order valence-electron chi connectivity index (χ3n) is 5.39. The van der Waals surface area contributed by atoms with E-state index in [-0.39, 0.29) is 29.9 Å². The van der Waals surface area contributed by atoms with E-state index in [1.165, 1.54) is 27.6 Å². The molecule has 0 aliphatic heterocycles. The SMILES string of the molecule is CC(C)CCn1c(=O)c2c(ncn2Cc2cccc([N+](=O)[O-])c2)n(-c2ccc(Cl)cc2)c1=O. The van der Waals surface area contributed by atoms with E-state index < -0.39 is 16.2 Å². The quantitative estimate of drug-likeness (QED) is 0.301. The lowest BCUT2D eigenvalue weighted by atomic mass is 10.1. The van der Waals surface area contributed by atoms with Crippen molar-refractivity contribution in [2.45, 2.75) is 33.4 Å². The minimum atomic E-state index is -0.476. The Morgan fingerprint density at radius 3 is 2.52 bits per heavy atom. The summed E-state index contributed by atoms with van der Waals surface area (Å²) in [5.41, 5.74) is 0.691. The molecule has 10 heteroatoms. The van der Waals surface area contributed by atoms with Crippen LogP contribution in [0.5, 0.6) is 0 Å². The van der Waals surface area contributed by atoms with Crippen molar-refractivity contribution in [1.29, 1.82) is 0 Å².